The lowest BCUT2D eigenvalue weighted by Crippen LogP contribution is -2.48. The van der Waals surface area contributed by atoms with E-state index in [0.29, 0.717) is 6.54 Å². The molecule has 3 aliphatic rings. The molecule has 0 saturated heterocycles. The third-order valence-corrected chi connectivity index (χ3v) is 4.97. The normalized spacial score (nSPS) is 21.3. The molecular formula is C20H21N3O3. The molecule has 1 aromatic rings. The van der Waals surface area contributed by atoms with E-state index in [1.54, 1.807) is 6.08 Å². The quantitative estimate of drug-likeness (QED) is 0.613. The number of nitrogens with one attached hydrogen (secondary N) is 3. The molecule has 4 rings (SSSR count). The van der Waals surface area contributed by atoms with Crippen molar-refractivity contribution in [3.8, 4) is 0 Å². The van der Waals surface area contributed by atoms with Gasteiger partial charge >= 0.3 is 5.97 Å². The summed E-state index contributed by atoms with van der Waals surface area (Å²) in [6.45, 7) is 2.41. The van der Waals surface area contributed by atoms with E-state index in [-0.39, 0.29) is 23.7 Å². The van der Waals surface area contributed by atoms with Gasteiger partial charge in [0.25, 0.3) is 0 Å². The van der Waals surface area contributed by atoms with Gasteiger partial charge in [0.1, 0.15) is 11.9 Å². The van der Waals surface area contributed by atoms with Crippen LogP contribution in [0.3, 0.4) is 0 Å². The van der Waals surface area contributed by atoms with Gasteiger partial charge in [0, 0.05) is 18.7 Å². The summed E-state index contributed by atoms with van der Waals surface area (Å²) in [5.74, 6) is -0.644. The van der Waals surface area contributed by atoms with Crippen molar-refractivity contribution in [1.29, 1.82) is 0 Å². The van der Waals surface area contributed by atoms with Crippen molar-refractivity contribution in [1.82, 2.24) is 16.0 Å². The number of rotatable bonds is 4. The minimum Gasteiger partial charge on any atom is -0.477 e. The third kappa shape index (κ3) is 3.22. The van der Waals surface area contributed by atoms with Crippen molar-refractivity contribution < 1.29 is 14.7 Å². The molecule has 4 N–H and O–H groups in total. The maximum atomic E-state index is 11.9. The Bertz CT molecular complexity index is 971. The van der Waals surface area contributed by atoms with E-state index in [2.05, 4.69) is 22.0 Å². The molecule has 2 aliphatic heterocycles. The van der Waals surface area contributed by atoms with Crippen LogP contribution in [-0.2, 0) is 9.59 Å². The predicted molar refractivity (Wildman–Crippen MR) is 98.7 cm³/mol. The average Bonchev–Trinajstić information content (AvgIpc) is 3.46. The van der Waals surface area contributed by atoms with Gasteiger partial charge in [-0.25, -0.2) is 4.79 Å². The van der Waals surface area contributed by atoms with E-state index in [0.717, 1.165) is 40.0 Å². The van der Waals surface area contributed by atoms with Gasteiger partial charge in [-0.2, -0.15) is 0 Å². The first-order valence-corrected chi connectivity index (χ1v) is 8.79. The van der Waals surface area contributed by atoms with Gasteiger partial charge in [-0.15, -0.1) is 0 Å². The first-order chi connectivity index (χ1) is 12.5. The molecule has 26 heavy (non-hydrogen) atoms. The molecule has 0 aromatic heterocycles. The molecule has 1 fully saturated rings. The van der Waals surface area contributed by atoms with Gasteiger partial charge in [-0.3, -0.25) is 4.79 Å². The second-order valence-electron chi connectivity index (χ2n) is 6.96. The van der Waals surface area contributed by atoms with E-state index < -0.39 is 5.97 Å². The van der Waals surface area contributed by atoms with Crippen molar-refractivity contribution in [3.05, 3.63) is 51.5 Å². The number of amides is 1. The number of carboxylic acid groups (broad SMARTS) is 1. The topological polar surface area (TPSA) is 90.5 Å². The van der Waals surface area contributed by atoms with Crippen LogP contribution in [0.15, 0.2) is 35.5 Å². The number of hydrogen-bond acceptors (Lipinski definition) is 4. The van der Waals surface area contributed by atoms with Crippen LogP contribution in [0.5, 0.6) is 0 Å². The maximum absolute atomic E-state index is 11.9. The molecule has 0 radical (unpaired) electrons. The van der Waals surface area contributed by atoms with E-state index in [1.165, 1.54) is 0 Å². The first kappa shape index (κ1) is 16.4. The Hall–Kier alpha value is -3.02. The second-order valence-corrected chi connectivity index (χ2v) is 6.96. The monoisotopic (exact) mass is 351 g/mol. The van der Waals surface area contributed by atoms with Crippen LogP contribution in [-0.4, -0.2) is 29.7 Å². The first-order valence-electron chi connectivity index (χ1n) is 8.79. The Morgan fingerprint density at radius 3 is 2.73 bits per heavy atom. The highest BCUT2D eigenvalue weighted by molar-refractivity contribution is 5.89. The van der Waals surface area contributed by atoms with Gasteiger partial charge in [0.2, 0.25) is 5.91 Å². The highest BCUT2D eigenvalue weighted by Crippen LogP contribution is 2.28. The van der Waals surface area contributed by atoms with E-state index in [1.807, 2.05) is 31.3 Å². The summed E-state index contributed by atoms with van der Waals surface area (Å²) in [6, 6.07) is 6.15. The molecule has 6 nitrogen and oxygen atoms in total. The summed E-state index contributed by atoms with van der Waals surface area (Å²) >= 11 is 0. The Morgan fingerprint density at radius 1 is 1.23 bits per heavy atom. The van der Waals surface area contributed by atoms with Crippen LogP contribution in [0.2, 0.25) is 0 Å². The predicted octanol–water partition coefficient (Wildman–Crippen LogP) is 0.00580. The van der Waals surface area contributed by atoms with Crippen molar-refractivity contribution >= 4 is 29.7 Å². The molecule has 0 bridgehead atoms. The van der Waals surface area contributed by atoms with Gasteiger partial charge in [-0.05, 0) is 65.1 Å². The SMILES string of the molecule is CC1=C(c2ccc3c(c2)=CNC(NC(=O)C2CC2)C=3)CNC(C(=O)O)=C1. The maximum Gasteiger partial charge on any atom is 0.351 e. The average molecular weight is 351 g/mol. The van der Waals surface area contributed by atoms with Gasteiger partial charge < -0.3 is 21.1 Å². The number of carboxylic acids is 1. The number of carbonyl (C=O) groups excluding carboxylic acids is 1. The summed E-state index contributed by atoms with van der Waals surface area (Å²) in [6.07, 6.45) is 7.40. The fourth-order valence-corrected chi connectivity index (χ4v) is 3.29. The fraction of sp³-hybridized carbons (Fsp3) is 0.300. The number of carbonyl (C=O) groups is 2. The van der Waals surface area contributed by atoms with E-state index in [9.17, 15) is 9.59 Å². The number of dihydropyridines is 1. The van der Waals surface area contributed by atoms with E-state index >= 15 is 0 Å². The smallest absolute Gasteiger partial charge is 0.351 e. The molecule has 1 aliphatic carbocycles. The van der Waals surface area contributed by atoms with Crippen LogP contribution in [0, 0.1) is 5.92 Å². The van der Waals surface area contributed by atoms with Gasteiger partial charge in [-0.1, -0.05) is 12.1 Å². The van der Waals surface area contributed by atoms with Crippen molar-refractivity contribution in [2.75, 3.05) is 6.54 Å². The zero-order chi connectivity index (χ0) is 18.3. The van der Waals surface area contributed by atoms with Crippen LogP contribution in [0.1, 0.15) is 25.3 Å². The number of benzene rings is 1. The Labute approximate surface area is 151 Å². The highest BCUT2D eigenvalue weighted by atomic mass is 16.4. The lowest BCUT2D eigenvalue weighted by atomic mass is 9.96. The zero-order valence-electron chi connectivity index (χ0n) is 14.5. The van der Waals surface area contributed by atoms with Crippen LogP contribution >= 0.6 is 0 Å². The minimum atomic E-state index is -0.944. The van der Waals surface area contributed by atoms with E-state index in [4.69, 9.17) is 5.11 Å². The summed E-state index contributed by atoms with van der Waals surface area (Å²) in [7, 11) is 0. The Morgan fingerprint density at radius 2 is 2.04 bits per heavy atom. The summed E-state index contributed by atoms with van der Waals surface area (Å²) in [4.78, 5) is 23.0. The Kier molecular flexibility index (Phi) is 4.03. The molecule has 1 amide bonds. The lowest BCUT2D eigenvalue weighted by Gasteiger charge is -2.20. The zero-order valence-corrected chi connectivity index (χ0v) is 14.5. The van der Waals surface area contributed by atoms with Crippen molar-refractivity contribution in [2.24, 2.45) is 5.92 Å². The Balaban J connectivity index is 1.60. The summed E-state index contributed by atoms with van der Waals surface area (Å²) in [5.41, 5.74) is 3.31. The highest BCUT2D eigenvalue weighted by Gasteiger charge is 2.30. The molecule has 134 valence electrons. The van der Waals surface area contributed by atoms with Crippen molar-refractivity contribution in [2.45, 2.75) is 25.9 Å². The van der Waals surface area contributed by atoms with Crippen molar-refractivity contribution in [3.63, 3.8) is 0 Å². The molecule has 0 spiro atoms. The molecule has 1 atom stereocenters. The molecular weight excluding hydrogens is 330 g/mol. The summed E-state index contributed by atoms with van der Waals surface area (Å²) < 4.78 is 0. The number of aliphatic carboxylic acids is 1. The fourth-order valence-electron chi connectivity index (χ4n) is 3.29. The van der Waals surface area contributed by atoms with Gasteiger partial charge in [0.05, 0.1) is 0 Å². The van der Waals surface area contributed by atoms with Crippen LogP contribution < -0.4 is 26.4 Å². The lowest BCUT2D eigenvalue weighted by molar-refractivity contribution is -0.133. The number of fused-ring (bicyclic) bond motifs is 1. The summed E-state index contributed by atoms with van der Waals surface area (Å²) in [5, 5.41) is 20.4. The standard InChI is InChI=1S/C20H21N3O3/c1-11-6-17(20(25)26)21-10-16(11)14-5-4-13-8-18(22-9-15(13)7-14)23-19(24)12-2-3-12/h4-9,12,18,21-22H,2-3,10H2,1H3,(H,23,24)(H,25,26). The van der Waals surface area contributed by atoms with Gasteiger partial charge in [0.15, 0.2) is 0 Å². The molecule has 2 heterocycles. The molecule has 1 aromatic carbocycles. The molecule has 1 saturated carbocycles. The second kappa shape index (κ2) is 6.37. The minimum absolute atomic E-state index is 0.113. The largest absolute Gasteiger partial charge is 0.477 e. The van der Waals surface area contributed by atoms with Crippen LogP contribution in [0.25, 0.3) is 17.8 Å². The molecule has 1 unspecified atom stereocenters. The third-order valence-electron chi connectivity index (χ3n) is 4.97. The number of hydrogen-bond donors (Lipinski definition) is 4. The number of allylic oxidation sites excluding steroid dienone is 2. The molecule has 6 heteroatoms. The van der Waals surface area contributed by atoms with Crippen LogP contribution in [0.4, 0.5) is 0 Å².